The highest BCUT2D eigenvalue weighted by atomic mass is 31.2. The Kier molecular flexibility index (Phi) is 7.39. The summed E-state index contributed by atoms with van der Waals surface area (Å²) in [7, 11) is 0.492. The standard InChI is InChI=1S/C19H32N7O5P/c1-7-29-18(27)12(3)24-32(6,28)30-9-13-8-11(2)17(31-13)26-10-21-14-15(25(4)5)22-19(20)23-16(14)26/h10-13,17H,7-9H2,1-6H3,(H,24,28)(H2,20,22,23)/t11-,12-,13-,17+,32?/m0/s1. The molecular weight excluding hydrogens is 437 g/mol. The molecule has 1 aliphatic rings. The van der Waals surface area contributed by atoms with E-state index in [1.54, 1.807) is 20.2 Å². The van der Waals surface area contributed by atoms with Gasteiger partial charge >= 0.3 is 5.97 Å². The van der Waals surface area contributed by atoms with E-state index in [0.717, 1.165) is 0 Å². The highest BCUT2D eigenvalue weighted by Crippen LogP contribution is 2.42. The van der Waals surface area contributed by atoms with Crippen molar-refractivity contribution < 1.29 is 23.4 Å². The molecule has 32 heavy (non-hydrogen) atoms. The van der Waals surface area contributed by atoms with E-state index < -0.39 is 19.5 Å². The predicted octanol–water partition coefficient (Wildman–Crippen LogP) is 1.78. The van der Waals surface area contributed by atoms with Gasteiger partial charge in [-0.2, -0.15) is 9.97 Å². The number of carbonyl (C=O) groups is 1. The van der Waals surface area contributed by atoms with Gasteiger partial charge in [0.2, 0.25) is 5.95 Å². The Bertz CT molecular complexity index is 1010. The van der Waals surface area contributed by atoms with Crippen LogP contribution in [0.5, 0.6) is 0 Å². The number of nitrogens with zero attached hydrogens (tertiary/aromatic N) is 5. The number of nitrogen functional groups attached to an aromatic ring is 1. The van der Waals surface area contributed by atoms with Crippen molar-refractivity contribution in [2.45, 2.75) is 45.6 Å². The third kappa shape index (κ3) is 5.37. The lowest BCUT2D eigenvalue weighted by atomic mass is 10.1. The largest absolute Gasteiger partial charge is 0.465 e. The van der Waals surface area contributed by atoms with Crippen LogP contribution in [0.4, 0.5) is 11.8 Å². The predicted molar refractivity (Wildman–Crippen MR) is 120 cm³/mol. The molecule has 1 aliphatic heterocycles. The van der Waals surface area contributed by atoms with Crippen molar-refractivity contribution in [2.24, 2.45) is 5.92 Å². The van der Waals surface area contributed by atoms with E-state index >= 15 is 0 Å². The summed E-state index contributed by atoms with van der Waals surface area (Å²) in [4.78, 5) is 26.7. The number of nitrogens with two attached hydrogens (primary N) is 1. The van der Waals surface area contributed by atoms with Gasteiger partial charge < -0.3 is 24.6 Å². The zero-order chi connectivity index (χ0) is 23.6. The number of carbonyl (C=O) groups excluding carboxylic acids is 1. The summed E-state index contributed by atoms with van der Waals surface area (Å²) < 4.78 is 31.3. The first-order valence-electron chi connectivity index (χ1n) is 10.5. The molecule has 13 heteroatoms. The van der Waals surface area contributed by atoms with Gasteiger partial charge in [0.05, 0.1) is 25.6 Å². The van der Waals surface area contributed by atoms with Crippen LogP contribution >= 0.6 is 7.52 Å². The van der Waals surface area contributed by atoms with Crippen LogP contribution in [0.3, 0.4) is 0 Å². The van der Waals surface area contributed by atoms with Crippen LogP contribution in [0.2, 0.25) is 0 Å². The molecule has 5 atom stereocenters. The molecule has 0 spiro atoms. The maximum absolute atomic E-state index is 12.7. The maximum Gasteiger partial charge on any atom is 0.323 e. The van der Waals surface area contributed by atoms with Crippen molar-refractivity contribution in [1.82, 2.24) is 24.6 Å². The zero-order valence-electron chi connectivity index (χ0n) is 19.3. The summed E-state index contributed by atoms with van der Waals surface area (Å²) in [6.45, 7) is 7.16. The molecular formula is C19H32N7O5P. The molecule has 0 aliphatic carbocycles. The van der Waals surface area contributed by atoms with Crippen LogP contribution < -0.4 is 15.7 Å². The van der Waals surface area contributed by atoms with Gasteiger partial charge in [0.25, 0.3) is 7.52 Å². The normalized spacial score (nSPS) is 23.8. The molecule has 3 heterocycles. The number of aromatic nitrogens is 4. The van der Waals surface area contributed by atoms with Gasteiger partial charge in [-0.05, 0) is 20.3 Å². The number of hydrogen-bond acceptors (Lipinski definition) is 10. The molecule has 178 valence electrons. The molecule has 12 nitrogen and oxygen atoms in total. The number of esters is 1. The minimum absolute atomic E-state index is 0.115. The fourth-order valence-electron chi connectivity index (χ4n) is 3.72. The number of anilines is 2. The van der Waals surface area contributed by atoms with Crippen LogP contribution in [0.1, 0.15) is 33.4 Å². The van der Waals surface area contributed by atoms with E-state index in [4.69, 9.17) is 19.7 Å². The summed E-state index contributed by atoms with van der Waals surface area (Å²) in [5, 5.41) is 2.71. The molecule has 1 unspecified atom stereocenters. The molecule has 0 amide bonds. The van der Waals surface area contributed by atoms with Crippen molar-refractivity contribution in [3.8, 4) is 0 Å². The maximum atomic E-state index is 12.7. The van der Waals surface area contributed by atoms with Crippen LogP contribution in [-0.4, -0.2) is 71.6 Å². The number of rotatable bonds is 9. The van der Waals surface area contributed by atoms with Crippen molar-refractivity contribution in [2.75, 3.05) is 44.6 Å². The molecule has 1 saturated heterocycles. The van der Waals surface area contributed by atoms with Crippen LogP contribution in [0.15, 0.2) is 6.33 Å². The molecule has 2 aromatic rings. The Labute approximate surface area is 187 Å². The van der Waals surface area contributed by atoms with Crippen LogP contribution in [0.25, 0.3) is 11.2 Å². The number of fused-ring (bicyclic) bond motifs is 1. The molecule has 1 fully saturated rings. The highest BCUT2D eigenvalue weighted by Gasteiger charge is 2.36. The van der Waals surface area contributed by atoms with E-state index in [9.17, 15) is 9.36 Å². The Hall–Kier alpha value is -2.27. The SMILES string of the molecule is CCOC(=O)[C@H](C)NP(C)(=O)OC[C@@H]1C[C@H](C)[C@H](n2cnc3c(N(C)C)nc(N)nc32)O1. The molecule has 0 saturated carbocycles. The average Bonchev–Trinajstić information content (AvgIpc) is 3.28. The van der Waals surface area contributed by atoms with Gasteiger partial charge in [-0.15, -0.1) is 0 Å². The molecule has 3 rings (SSSR count). The topological polar surface area (TPSA) is 147 Å². The van der Waals surface area contributed by atoms with Gasteiger partial charge in [0.15, 0.2) is 17.0 Å². The Morgan fingerprint density at radius 3 is 2.84 bits per heavy atom. The minimum Gasteiger partial charge on any atom is -0.465 e. The third-order valence-corrected chi connectivity index (χ3v) is 6.64. The van der Waals surface area contributed by atoms with Crippen LogP contribution in [0, 0.1) is 5.92 Å². The summed E-state index contributed by atoms with van der Waals surface area (Å²) >= 11 is 0. The zero-order valence-corrected chi connectivity index (χ0v) is 20.2. The van der Waals surface area contributed by atoms with Gasteiger partial charge in [-0.25, -0.2) is 10.1 Å². The van der Waals surface area contributed by atoms with E-state index in [2.05, 4.69) is 27.0 Å². The second kappa shape index (κ2) is 9.70. The van der Waals surface area contributed by atoms with Gasteiger partial charge in [-0.1, -0.05) is 6.92 Å². The summed E-state index contributed by atoms with van der Waals surface area (Å²) in [5.41, 5.74) is 7.13. The average molecular weight is 469 g/mol. The number of imidazole rings is 1. The molecule has 2 aromatic heterocycles. The van der Waals surface area contributed by atoms with Gasteiger partial charge in [-0.3, -0.25) is 13.9 Å². The first-order chi connectivity index (χ1) is 15.0. The molecule has 0 bridgehead atoms. The fourth-order valence-corrected chi connectivity index (χ4v) is 5.05. The molecule has 3 N–H and O–H groups in total. The second-order valence-electron chi connectivity index (χ2n) is 8.23. The van der Waals surface area contributed by atoms with Crippen molar-refractivity contribution in [3.05, 3.63) is 6.33 Å². The monoisotopic (exact) mass is 469 g/mol. The lowest BCUT2D eigenvalue weighted by Crippen LogP contribution is -2.34. The van der Waals surface area contributed by atoms with Crippen molar-refractivity contribution in [1.29, 1.82) is 0 Å². The van der Waals surface area contributed by atoms with E-state index in [-0.39, 0.29) is 37.4 Å². The summed E-state index contributed by atoms with van der Waals surface area (Å²) in [5.74, 6) is 0.435. The fraction of sp³-hybridized carbons (Fsp3) is 0.684. The minimum atomic E-state index is -3.23. The molecule has 0 aromatic carbocycles. The van der Waals surface area contributed by atoms with Crippen molar-refractivity contribution >= 4 is 36.4 Å². The first kappa shape index (κ1) is 24.4. The Balaban J connectivity index is 1.68. The van der Waals surface area contributed by atoms with Gasteiger partial charge in [0.1, 0.15) is 12.3 Å². The first-order valence-corrected chi connectivity index (χ1v) is 12.6. The summed E-state index contributed by atoms with van der Waals surface area (Å²) in [6, 6.07) is -0.740. The Morgan fingerprint density at radius 1 is 1.47 bits per heavy atom. The Morgan fingerprint density at radius 2 is 2.19 bits per heavy atom. The second-order valence-corrected chi connectivity index (χ2v) is 10.4. The van der Waals surface area contributed by atoms with E-state index in [0.29, 0.717) is 23.4 Å². The smallest absolute Gasteiger partial charge is 0.323 e. The summed E-state index contributed by atoms with van der Waals surface area (Å²) in [6.07, 6.45) is 1.75. The van der Waals surface area contributed by atoms with Crippen LogP contribution in [-0.2, 0) is 23.4 Å². The van der Waals surface area contributed by atoms with E-state index in [1.807, 2.05) is 23.6 Å². The number of hydrogen-bond donors (Lipinski definition) is 2. The van der Waals surface area contributed by atoms with Crippen molar-refractivity contribution in [3.63, 3.8) is 0 Å². The lowest BCUT2D eigenvalue weighted by Gasteiger charge is -2.21. The third-order valence-electron chi connectivity index (χ3n) is 5.15. The highest BCUT2D eigenvalue weighted by molar-refractivity contribution is 7.56. The number of ether oxygens (including phenoxy) is 2. The quantitative estimate of drug-likeness (QED) is 0.409. The molecule has 0 radical (unpaired) electrons. The lowest BCUT2D eigenvalue weighted by molar-refractivity contribution is -0.144. The van der Waals surface area contributed by atoms with Gasteiger partial charge in [0, 0.05) is 26.7 Å². The number of nitrogens with one attached hydrogen (secondary N) is 1. The van der Waals surface area contributed by atoms with E-state index in [1.165, 1.54) is 6.66 Å².